The van der Waals surface area contributed by atoms with Gasteiger partial charge < -0.3 is 9.72 Å². The van der Waals surface area contributed by atoms with E-state index in [9.17, 15) is 4.79 Å². The van der Waals surface area contributed by atoms with E-state index in [2.05, 4.69) is 39.9 Å². The largest absolute Gasteiger partial charge is 0.493 e. The number of nitrogens with one attached hydrogen (secondary N) is 1. The number of H-pyrrole nitrogens is 1. The number of ether oxygens (including phenoxy) is 1. The molecule has 0 bridgehead atoms. The molecule has 0 radical (unpaired) electrons. The van der Waals surface area contributed by atoms with Crippen molar-refractivity contribution in [2.24, 2.45) is 0 Å². The third-order valence-electron chi connectivity index (χ3n) is 6.14. The van der Waals surface area contributed by atoms with E-state index < -0.39 is 0 Å². The van der Waals surface area contributed by atoms with E-state index in [0.29, 0.717) is 5.39 Å². The minimum Gasteiger partial charge on any atom is -0.493 e. The molecule has 2 aliphatic heterocycles. The standard InChI is InChI=1S/C23H26N4O2/c1-16(22-24-20-5-3-2-4-19(20)23(28)25-22)27-11-9-26(10-12-27)15-17-6-7-21-18(14-17)8-13-29-21/h2-7,14,16H,8-13,15H2,1H3,(H,24,25,28)/t16-/m0/s1. The van der Waals surface area contributed by atoms with Gasteiger partial charge in [-0.25, -0.2) is 4.98 Å². The summed E-state index contributed by atoms with van der Waals surface area (Å²) in [5.41, 5.74) is 3.39. The molecule has 5 rings (SSSR count). The fourth-order valence-electron chi connectivity index (χ4n) is 4.38. The van der Waals surface area contributed by atoms with E-state index in [0.717, 1.165) is 62.8 Å². The average molecular weight is 390 g/mol. The highest BCUT2D eigenvalue weighted by Crippen LogP contribution is 2.27. The predicted molar refractivity (Wildman–Crippen MR) is 113 cm³/mol. The van der Waals surface area contributed by atoms with Gasteiger partial charge in [0.2, 0.25) is 0 Å². The van der Waals surface area contributed by atoms with Gasteiger partial charge in [-0.1, -0.05) is 24.3 Å². The number of aromatic nitrogens is 2. The lowest BCUT2D eigenvalue weighted by atomic mass is 10.1. The van der Waals surface area contributed by atoms with Gasteiger partial charge in [0, 0.05) is 39.1 Å². The molecule has 6 nitrogen and oxygen atoms in total. The van der Waals surface area contributed by atoms with Gasteiger partial charge >= 0.3 is 0 Å². The highest BCUT2D eigenvalue weighted by Gasteiger charge is 2.24. The Bertz CT molecular complexity index is 1090. The summed E-state index contributed by atoms with van der Waals surface area (Å²) in [6.45, 7) is 7.85. The molecule has 1 aromatic heterocycles. The molecule has 0 unspecified atom stereocenters. The van der Waals surface area contributed by atoms with Gasteiger partial charge in [0.15, 0.2) is 0 Å². The topological polar surface area (TPSA) is 61.5 Å². The summed E-state index contributed by atoms with van der Waals surface area (Å²) in [4.78, 5) is 25.0. The molecule has 3 aromatic rings. The van der Waals surface area contributed by atoms with E-state index in [1.807, 2.05) is 24.3 Å². The maximum absolute atomic E-state index is 12.4. The molecule has 1 saturated heterocycles. The van der Waals surface area contributed by atoms with Crippen LogP contribution in [0.25, 0.3) is 10.9 Å². The van der Waals surface area contributed by atoms with Crippen LogP contribution in [0.4, 0.5) is 0 Å². The van der Waals surface area contributed by atoms with Crippen LogP contribution in [-0.4, -0.2) is 52.6 Å². The van der Waals surface area contributed by atoms with Gasteiger partial charge in [-0.05, 0) is 36.2 Å². The fraction of sp³-hybridized carbons (Fsp3) is 0.391. The highest BCUT2D eigenvalue weighted by atomic mass is 16.5. The van der Waals surface area contributed by atoms with Crippen LogP contribution in [0.1, 0.15) is 29.9 Å². The average Bonchev–Trinajstić information content (AvgIpc) is 3.22. The number of nitrogens with zero attached hydrogens (tertiary/aromatic N) is 3. The number of benzene rings is 2. The summed E-state index contributed by atoms with van der Waals surface area (Å²) in [6.07, 6.45) is 1.02. The first kappa shape index (κ1) is 18.3. The summed E-state index contributed by atoms with van der Waals surface area (Å²) >= 11 is 0. The second-order valence-electron chi connectivity index (χ2n) is 8.00. The highest BCUT2D eigenvalue weighted by molar-refractivity contribution is 5.77. The number of aromatic amines is 1. The molecule has 0 aliphatic carbocycles. The lowest BCUT2D eigenvalue weighted by Crippen LogP contribution is -2.47. The number of hydrogen-bond donors (Lipinski definition) is 1. The van der Waals surface area contributed by atoms with E-state index in [4.69, 9.17) is 9.72 Å². The van der Waals surface area contributed by atoms with Crippen molar-refractivity contribution in [3.05, 3.63) is 69.8 Å². The Labute approximate surface area is 170 Å². The molecule has 1 N–H and O–H groups in total. The number of piperazine rings is 1. The summed E-state index contributed by atoms with van der Waals surface area (Å²) < 4.78 is 5.61. The van der Waals surface area contributed by atoms with Gasteiger partial charge in [-0.3, -0.25) is 14.6 Å². The Morgan fingerprint density at radius 2 is 1.97 bits per heavy atom. The molecule has 0 amide bonds. The van der Waals surface area contributed by atoms with Crippen molar-refractivity contribution in [1.82, 2.24) is 19.8 Å². The maximum atomic E-state index is 12.4. The van der Waals surface area contributed by atoms with Gasteiger partial charge in [0.05, 0.1) is 23.6 Å². The molecule has 6 heteroatoms. The molecule has 2 aliphatic rings. The van der Waals surface area contributed by atoms with Crippen LogP contribution in [0, 0.1) is 0 Å². The first-order chi connectivity index (χ1) is 14.2. The van der Waals surface area contributed by atoms with Crippen LogP contribution >= 0.6 is 0 Å². The number of para-hydroxylation sites is 1. The van der Waals surface area contributed by atoms with Crippen LogP contribution in [0.15, 0.2) is 47.3 Å². The zero-order chi connectivity index (χ0) is 19.8. The second kappa shape index (κ2) is 7.61. The molecule has 3 heterocycles. The Kier molecular flexibility index (Phi) is 4.81. The van der Waals surface area contributed by atoms with Crippen molar-refractivity contribution in [3.63, 3.8) is 0 Å². The van der Waals surface area contributed by atoms with Crippen molar-refractivity contribution in [1.29, 1.82) is 0 Å². The normalized spacial score (nSPS) is 18.5. The molecule has 29 heavy (non-hydrogen) atoms. The monoisotopic (exact) mass is 390 g/mol. The SMILES string of the molecule is C[C@@H](c1nc2ccccc2c(=O)[nH]1)N1CCN(Cc2ccc3c(c2)CCO3)CC1. The second-order valence-corrected chi connectivity index (χ2v) is 8.00. The molecular weight excluding hydrogens is 364 g/mol. The predicted octanol–water partition coefficient (Wildman–Crippen LogP) is 2.74. The third-order valence-corrected chi connectivity index (χ3v) is 6.14. The quantitative estimate of drug-likeness (QED) is 0.742. The van der Waals surface area contributed by atoms with Crippen LogP contribution in [-0.2, 0) is 13.0 Å². The molecule has 1 atom stereocenters. The molecular formula is C23H26N4O2. The lowest BCUT2D eigenvalue weighted by molar-refractivity contribution is 0.0948. The first-order valence-electron chi connectivity index (χ1n) is 10.4. The Balaban J connectivity index is 1.24. The van der Waals surface area contributed by atoms with Gasteiger partial charge in [-0.15, -0.1) is 0 Å². The van der Waals surface area contributed by atoms with Crippen LogP contribution < -0.4 is 10.3 Å². The fourth-order valence-corrected chi connectivity index (χ4v) is 4.38. The van der Waals surface area contributed by atoms with Crippen LogP contribution in [0.2, 0.25) is 0 Å². The smallest absolute Gasteiger partial charge is 0.258 e. The van der Waals surface area contributed by atoms with E-state index in [-0.39, 0.29) is 11.6 Å². The van der Waals surface area contributed by atoms with Gasteiger partial charge in [0.1, 0.15) is 11.6 Å². The zero-order valence-corrected chi connectivity index (χ0v) is 16.7. The Morgan fingerprint density at radius 3 is 2.83 bits per heavy atom. The minimum absolute atomic E-state index is 0.0586. The first-order valence-corrected chi connectivity index (χ1v) is 10.4. The van der Waals surface area contributed by atoms with Gasteiger partial charge in [-0.2, -0.15) is 0 Å². The number of fused-ring (bicyclic) bond motifs is 2. The van der Waals surface area contributed by atoms with Crippen molar-refractivity contribution >= 4 is 10.9 Å². The number of hydrogen-bond acceptors (Lipinski definition) is 5. The van der Waals surface area contributed by atoms with Crippen molar-refractivity contribution in [3.8, 4) is 5.75 Å². The molecule has 1 fully saturated rings. The molecule has 2 aromatic carbocycles. The summed E-state index contributed by atoms with van der Waals surface area (Å²) in [7, 11) is 0. The van der Waals surface area contributed by atoms with Crippen molar-refractivity contribution < 1.29 is 4.74 Å². The number of rotatable bonds is 4. The van der Waals surface area contributed by atoms with Gasteiger partial charge in [0.25, 0.3) is 5.56 Å². The van der Waals surface area contributed by atoms with E-state index in [1.165, 1.54) is 11.1 Å². The van der Waals surface area contributed by atoms with Crippen LogP contribution in [0.5, 0.6) is 5.75 Å². The molecule has 150 valence electrons. The Hall–Kier alpha value is -2.70. The summed E-state index contributed by atoms with van der Waals surface area (Å²) in [5, 5.41) is 0.646. The Morgan fingerprint density at radius 1 is 1.14 bits per heavy atom. The summed E-state index contributed by atoms with van der Waals surface area (Å²) in [6, 6.07) is 14.2. The zero-order valence-electron chi connectivity index (χ0n) is 16.7. The van der Waals surface area contributed by atoms with Crippen molar-refractivity contribution in [2.45, 2.75) is 25.9 Å². The van der Waals surface area contributed by atoms with Crippen molar-refractivity contribution in [2.75, 3.05) is 32.8 Å². The lowest BCUT2D eigenvalue weighted by Gasteiger charge is -2.37. The van der Waals surface area contributed by atoms with E-state index >= 15 is 0 Å². The van der Waals surface area contributed by atoms with E-state index in [1.54, 1.807) is 0 Å². The minimum atomic E-state index is -0.0586. The van der Waals surface area contributed by atoms with Crippen LogP contribution in [0.3, 0.4) is 0 Å². The summed E-state index contributed by atoms with van der Waals surface area (Å²) in [5.74, 6) is 1.80. The molecule has 0 spiro atoms. The molecule has 0 saturated carbocycles. The maximum Gasteiger partial charge on any atom is 0.258 e. The third kappa shape index (κ3) is 3.66.